The summed E-state index contributed by atoms with van der Waals surface area (Å²) < 4.78 is 9.90. The van der Waals surface area contributed by atoms with Gasteiger partial charge in [-0.3, -0.25) is 9.59 Å². The van der Waals surface area contributed by atoms with Crippen molar-refractivity contribution in [3.8, 4) is 5.88 Å². The van der Waals surface area contributed by atoms with Crippen LogP contribution < -0.4 is 4.74 Å². The summed E-state index contributed by atoms with van der Waals surface area (Å²) in [5, 5.41) is 0. The Morgan fingerprint density at radius 2 is 1.76 bits per heavy atom. The van der Waals surface area contributed by atoms with Gasteiger partial charge in [0.1, 0.15) is 17.6 Å². The Hall–Kier alpha value is -2.24. The molecule has 0 spiro atoms. The molecule has 1 aromatic rings. The van der Waals surface area contributed by atoms with E-state index in [2.05, 4.69) is 9.97 Å². The smallest absolute Gasteiger partial charge is 0.235 e. The second-order valence-electron chi connectivity index (χ2n) is 3.42. The highest BCUT2D eigenvalue weighted by atomic mass is 16.5. The molecule has 1 aliphatic carbocycles. The minimum Gasteiger partial charge on any atom is -0.492 e. The van der Waals surface area contributed by atoms with Crippen molar-refractivity contribution in [1.29, 1.82) is 0 Å². The minimum atomic E-state index is -0.433. The van der Waals surface area contributed by atoms with Crippen LogP contribution in [0.15, 0.2) is 17.7 Å². The fourth-order valence-corrected chi connectivity index (χ4v) is 1.71. The van der Waals surface area contributed by atoms with Gasteiger partial charge >= 0.3 is 0 Å². The first-order chi connectivity index (χ1) is 8.11. The second kappa shape index (κ2) is 3.97. The number of carbonyl (C=O) groups excluding carboxylic acids is 2. The summed E-state index contributed by atoms with van der Waals surface area (Å²) in [6, 6.07) is 0. The highest BCUT2D eigenvalue weighted by Gasteiger charge is 2.35. The van der Waals surface area contributed by atoms with Gasteiger partial charge in [-0.1, -0.05) is 0 Å². The SMILES string of the molecule is COC1=C(C)C(=O)c2ncnc(OC)c2C1=O. The van der Waals surface area contributed by atoms with Crippen molar-refractivity contribution in [3.05, 3.63) is 28.9 Å². The molecule has 88 valence electrons. The number of fused-ring (bicyclic) bond motifs is 1. The molecule has 0 bridgehead atoms. The summed E-state index contributed by atoms with van der Waals surface area (Å²) in [7, 11) is 2.71. The molecule has 0 aromatic carbocycles. The molecule has 0 fully saturated rings. The topological polar surface area (TPSA) is 78.4 Å². The summed E-state index contributed by atoms with van der Waals surface area (Å²) in [5.74, 6) is -0.694. The van der Waals surface area contributed by atoms with Gasteiger partial charge in [0, 0.05) is 5.57 Å². The molecule has 1 heterocycles. The fourth-order valence-electron chi connectivity index (χ4n) is 1.71. The van der Waals surface area contributed by atoms with Gasteiger partial charge in [-0.2, -0.15) is 0 Å². The Kier molecular flexibility index (Phi) is 2.63. The van der Waals surface area contributed by atoms with Crippen LogP contribution in [0.1, 0.15) is 27.8 Å². The first-order valence-electron chi connectivity index (χ1n) is 4.85. The minimum absolute atomic E-state index is 0.00981. The number of hydrogen-bond donors (Lipinski definition) is 0. The number of methoxy groups -OCH3 is 2. The zero-order valence-electron chi connectivity index (χ0n) is 9.60. The zero-order valence-corrected chi connectivity index (χ0v) is 9.60. The normalized spacial score (nSPS) is 14.8. The van der Waals surface area contributed by atoms with Crippen LogP contribution >= 0.6 is 0 Å². The number of rotatable bonds is 2. The van der Waals surface area contributed by atoms with E-state index in [0.29, 0.717) is 0 Å². The molecule has 0 saturated heterocycles. The number of aromatic nitrogens is 2. The number of carbonyl (C=O) groups is 2. The van der Waals surface area contributed by atoms with Crippen molar-refractivity contribution >= 4 is 11.6 Å². The lowest BCUT2D eigenvalue weighted by Crippen LogP contribution is -2.24. The van der Waals surface area contributed by atoms with Crippen molar-refractivity contribution < 1.29 is 19.1 Å². The van der Waals surface area contributed by atoms with E-state index in [9.17, 15) is 9.59 Å². The molecule has 6 heteroatoms. The van der Waals surface area contributed by atoms with Crippen molar-refractivity contribution in [1.82, 2.24) is 9.97 Å². The van der Waals surface area contributed by atoms with Crippen molar-refractivity contribution in [2.75, 3.05) is 14.2 Å². The largest absolute Gasteiger partial charge is 0.492 e. The maximum atomic E-state index is 12.1. The molecule has 2 rings (SSSR count). The molecule has 0 saturated carbocycles. The Labute approximate surface area is 97.3 Å². The molecule has 1 aromatic heterocycles. The van der Waals surface area contributed by atoms with E-state index in [1.807, 2.05) is 0 Å². The standard InChI is InChI=1S/C11H10N2O4/c1-5-8(14)7-6(9(15)10(5)16-2)11(17-3)13-4-12-7/h4H,1-3H3. The zero-order chi connectivity index (χ0) is 12.6. The van der Waals surface area contributed by atoms with E-state index < -0.39 is 5.78 Å². The molecule has 0 aliphatic heterocycles. The van der Waals surface area contributed by atoms with Gasteiger partial charge in [0.2, 0.25) is 17.4 Å². The maximum Gasteiger partial charge on any atom is 0.235 e. The molecular formula is C11H10N2O4. The summed E-state index contributed by atoms with van der Waals surface area (Å²) in [6.07, 6.45) is 1.19. The molecule has 6 nitrogen and oxygen atoms in total. The number of ketones is 2. The molecule has 17 heavy (non-hydrogen) atoms. The number of nitrogens with zero attached hydrogens (tertiary/aromatic N) is 2. The number of Topliss-reactive ketones (excluding diaryl/α,β-unsaturated/α-hetero) is 2. The van der Waals surface area contributed by atoms with Gasteiger partial charge in [0.25, 0.3) is 0 Å². The van der Waals surface area contributed by atoms with Gasteiger partial charge in [-0.15, -0.1) is 0 Å². The monoisotopic (exact) mass is 234 g/mol. The predicted octanol–water partition coefficient (Wildman–Crippen LogP) is 0.785. The second-order valence-corrected chi connectivity index (χ2v) is 3.42. The molecule has 0 atom stereocenters. The van der Waals surface area contributed by atoms with Gasteiger partial charge in [-0.05, 0) is 6.92 Å². The van der Waals surface area contributed by atoms with Crippen LogP contribution in [0.5, 0.6) is 5.88 Å². The summed E-state index contributed by atoms with van der Waals surface area (Å²) >= 11 is 0. The third kappa shape index (κ3) is 1.49. The fraction of sp³-hybridized carbons (Fsp3) is 0.273. The van der Waals surface area contributed by atoms with E-state index in [1.54, 1.807) is 0 Å². The first-order valence-corrected chi connectivity index (χ1v) is 4.85. The van der Waals surface area contributed by atoms with E-state index in [-0.39, 0.29) is 34.3 Å². The highest BCUT2D eigenvalue weighted by molar-refractivity contribution is 6.25. The van der Waals surface area contributed by atoms with E-state index in [4.69, 9.17) is 9.47 Å². The Balaban J connectivity index is 2.73. The molecule has 0 amide bonds. The van der Waals surface area contributed by atoms with Crippen molar-refractivity contribution in [3.63, 3.8) is 0 Å². The molecular weight excluding hydrogens is 224 g/mol. The highest BCUT2D eigenvalue weighted by Crippen LogP contribution is 2.29. The van der Waals surface area contributed by atoms with Crippen LogP contribution in [0.2, 0.25) is 0 Å². The molecule has 0 radical (unpaired) electrons. The molecule has 0 N–H and O–H groups in total. The van der Waals surface area contributed by atoms with Crippen LogP contribution in [0, 0.1) is 0 Å². The third-order valence-corrected chi connectivity index (χ3v) is 2.54. The lowest BCUT2D eigenvalue weighted by Gasteiger charge is -2.17. The molecule has 0 unspecified atom stereocenters. The number of ether oxygens (including phenoxy) is 2. The van der Waals surface area contributed by atoms with E-state index >= 15 is 0 Å². The van der Waals surface area contributed by atoms with Crippen LogP contribution in [-0.4, -0.2) is 35.8 Å². The van der Waals surface area contributed by atoms with Crippen LogP contribution in [0.4, 0.5) is 0 Å². The number of allylic oxidation sites excluding steroid dienone is 2. The summed E-state index contributed by atoms with van der Waals surface area (Å²) in [6.45, 7) is 1.52. The number of hydrogen-bond acceptors (Lipinski definition) is 6. The third-order valence-electron chi connectivity index (χ3n) is 2.54. The van der Waals surface area contributed by atoms with Crippen LogP contribution in [-0.2, 0) is 4.74 Å². The van der Waals surface area contributed by atoms with Gasteiger partial charge in [0.05, 0.1) is 14.2 Å². The van der Waals surface area contributed by atoms with Gasteiger partial charge in [0.15, 0.2) is 5.76 Å². The Bertz CT molecular complexity index is 548. The first kappa shape index (κ1) is 11.3. The lowest BCUT2D eigenvalue weighted by atomic mass is 9.93. The molecule has 1 aliphatic rings. The lowest BCUT2D eigenvalue weighted by molar-refractivity contribution is 0.0899. The Morgan fingerprint density at radius 1 is 1.06 bits per heavy atom. The maximum absolute atomic E-state index is 12.1. The van der Waals surface area contributed by atoms with E-state index in [1.165, 1.54) is 27.5 Å². The van der Waals surface area contributed by atoms with Gasteiger partial charge < -0.3 is 9.47 Å². The predicted molar refractivity (Wildman–Crippen MR) is 57.0 cm³/mol. The van der Waals surface area contributed by atoms with E-state index in [0.717, 1.165) is 0 Å². The van der Waals surface area contributed by atoms with Crippen molar-refractivity contribution in [2.24, 2.45) is 0 Å². The van der Waals surface area contributed by atoms with Gasteiger partial charge in [-0.25, -0.2) is 9.97 Å². The average molecular weight is 234 g/mol. The summed E-state index contributed by atoms with van der Waals surface area (Å²) in [5.41, 5.74) is 0.355. The quantitative estimate of drug-likeness (QED) is 0.752. The van der Waals surface area contributed by atoms with Crippen LogP contribution in [0.3, 0.4) is 0 Å². The Morgan fingerprint density at radius 3 is 2.35 bits per heavy atom. The van der Waals surface area contributed by atoms with Crippen molar-refractivity contribution in [2.45, 2.75) is 6.92 Å². The van der Waals surface area contributed by atoms with Crippen LogP contribution in [0.25, 0.3) is 0 Å². The summed E-state index contributed by atoms with van der Waals surface area (Å²) in [4.78, 5) is 31.7. The average Bonchev–Trinajstić information content (AvgIpc) is 2.36.